The summed E-state index contributed by atoms with van der Waals surface area (Å²) in [6.45, 7) is 8.04. The van der Waals surface area contributed by atoms with Gasteiger partial charge in [0.15, 0.2) is 5.82 Å². The predicted octanol–water partition coefficient (Wildman–Crippen LogP) is 2.12. The number of imidazole rings is 1. The summed E-state index contributed by atoms with van der Waals surface area (Å²) in [5.41, 5.74) is 1.76. The number of para-hydroxylation sites is 2. The normalized spacial score (nSPS) is 18.8. The third-order valence-electron chi connectivity index (χ3n) is 4.37. The largest absolute Gasteiger partial charge is 0.334 e. The van der Waals surface area contributed by atoms with E-state index >= 15 is 0 Å². The Morgan fingerprint density at radius 3 is 2.86 bits per heavy atom. The molecule has 1 amide bonds. The highest BCUT2D eigenvalue weighted by Crippen LogP contribution is 2.18. The third-order valence-corrected chi connectivity index (χ3v) is 4.37. The van der Waals surface area contributed by atoms with Crippen LogP contribution in [0.4, 0.5) is 0 Å². The van der Waals surface area contributed by atoms with Gasteiger partial charge in [0.25, 0.3) is 5.91 Å². The Morgan fingerprint density at radius 2 is 2.14 bits per heavy atom. The Bertz CT molecular complexity index is 599. The molecule has 1 aliphatic rings. The van der Waals surface area contributed by atoms with Gasteiger partial charge in [0, 0.05) is 19.1 Å². The number of carbonyl (C=O) groups is 1. The average Bonchev–Trinajstić information content (AvgIpc) is 3.14. The molecular formula is C16H22N4O. The number of fused-ring (bicyclic) bond motifs is 1. The zero-order chi connectivity index (χ0) is 14.8. The van der Waals surface area contributed by atoms with E-state index in [0.717, 1.165) is 43.6 Å². The lowest BCUT2D eigenvalue weighted by molar-refractivity contribution is 0.0767. The van der Waals surface area contributed by atoms with Crippen molar-refractivity contribution in [2.24, 2.45) is 0 Å². The van der Waals surface area contributed by atoms with E-state index in [4.69, 9.17) is 0 Å². The summed E-state index contributed by atoms with van der Waals surface area (Å²) >= 11 is 0. The van der Waals surface area contributed by atoms with E-state index in [1.807, 2.05) is 29.2 Å². The molecule has 112 valence electrons. The lowest BCUT2D eigenvalue weighted by atomic mass is 10.2. The zero-order valence-electron chi connectivity index (χ0n) is 12.7. The summed E-state index contributed by atoms with van der Waals surface area (Å²) < 4.78 is 0. The molecule has 1 unspecified atom stereocenters. The number of likely N-dealkylation sites (N-methyl/N-ethyl adjacent to an activating group) is 1. The zero-order valence-corrected chi connectivity index (χ0v) is 12.7. The number of benzene rings is 1. The molecule has 3 rings (SSSR count). The van der Waals surface area contributed by atoms with E-state index in [1.165, 1.54) is 0 Å². The number of aromatic amines is 1. The molecule has 1 aliphatic heterocycles. The van der Waals surface area contributed by atoms with Crippen LogP contribution >= 0.6 is 0 Å². The van der Waals surface area contributed by atoms with Crippen molar-refractivity contribution in [3.8, 4) is 0 Å². The van der Waals surface area contributed by atoms with Crippen molar-refractivity contribution in [1.29, 1.82) is 0 Å². The maximum Gasteiger partial charge on any atom is 0.289 e. The monoisotopic (exact) mass is 286 g/mol. The Hall–Kier alpha value is -1.88. The van der Waals surface area contributed by atoms with Gasteiger partial charge in [-0.1, -0.05) is 26.0 Å². The molecule has 2 aromatic rings. The summed E-state index contributed by atoms with van der Waals surface area (Å²) in [7, 11) is 0. The van der Waals surface area contributed by atoms with Gasteiger partial charge in [-0.05, 0) is 31.6 Å². The number of likely N-dealkylation sites (tertiary alicyclic amines) is 1. The molecule has 1 N–H and O–H groups in total. The van der Waals surface area contributed by atoms with Crippen molar-refractivity contribution < 1.29 is 4.79 Å². The van der Waals surface area contributed by atoms with Crippen LogP contribution in [0.15, 0.2) is 24.3 Å². The lowest BCUT2D eigenvalue weighted by Gasteiger charge is -2.25. The lowest BCUT2D eigenvalue weighted by Crippen LogP contribution is -2.38. The second-order valence-electron chi connectivity index (χ2n) is 5.52. The molecule has 0 aliphatic carbocycles. The van der Waals surface area contributed by atoms with Gasteiger partial charge in [0.05, 0.1) is 11.0 Å². The average molecular weight is 286 g/mol. The molecule has 5 nitrogen and oxygen atoms in total. The molecule has 1 fully saturated rings. The fourth-order valence-electron chi connectivity index (χ4n) is 3.17. The van der Waals surface area contributed by atoms with E-state index < -0.39 is 0 Å². The molecule has 0 spiro atoms. The Kier molecular flexibility index (Phi) is 3.92. The fourth-order valence-corrected chi connectivity index (χ4v) is 3.17. The molecule has 2 heterocycles. The standard InChI is InChI=1S/C16H22N4O/c1-3-19(4-2)12-9-10-20(11-12)16(21)15-17-13-7-5-6-8-14(13)18-15/h5-8,12H,3-4,9-11H2,1-2H3,(H,17,18). The van der Waals surface area contributed by atoms with Crippen LogP contribution in [0.5, 0.6) is 0 Å². The highest BCUT2D eigenvalue weighted by Gasteiger charge is 2.30. The predicted molar refractivity (Wildman–Crippen MR) is 83.3 cm³/mol. The van der Waals surface area contributed by atoms with E-state index in [9.17, 15) is 4.79 Å². The topological polar surface area (TPSA) is 52.2 Å². The summed E-state index contributed by atoms with van der Waals surface area (Å²) in [5, 5.41) is 0. The van der Waals surface area contributed by atoms with Crippen LogP contribution in [0.2, 0.25) is 0 Å². The first-order valence-corrected chi connectivity index (χ1v) is 7.71. The number of hydrogen-bond acceptors (Lipinski definition) is 3. The summed E-state index contributed by atoms with van der Waals surface area (Å²) in [4.78, 5) is 24.5. The number of carbonyl (C=O) groups excluding carboxylic acids is 1. The minimum absolute atomic E-state index is 0.0147. The molecule has 1 saturated heterocycles. The number of nitrogens with zero attached hydrogens (tertiary/aromatic N) is 3. The van der Waals surface area contributed by atoms with Crippen LogP contribution < -0.4 is 0 Å². The van der Waals surface area contributed by atoms with Crippen LogP contribution in [0.25, 0.3) is 11.0 Å². The summed E-state index contributed by atoms with van der Waals surface area (Å²) in [6.07, 6.45) is 1.05. The highest BCUT2D eigenvalue weighted by atomic mass is 16.2. The van der Waals surface area contributed by atoms with Gasteiger partial charge in [-0.25, -0.2) is 4.98 Å². The number of nitrogens with one attached hydrogen (secondary N) is 1. The van der Waals surface area contributed by atoms with E-state index in [0.29, 0.717) is 11.9 Å². The van der Waals surface area contributed by atoms with Gasteiger partial charge in [0.1, 0.15) is 0 Å². The molecule has 5 heteroatoms. The van der Waals surface area contributed by atoms with Crippen molar-refractivity contribution >= 4 is 16.9 Å². The van der Waals surface area contributed by atoms with Gasteiger partial charge in [-0.2, -0.15) is 0 Å². The van der Waals surface area contributed by atoms with Gasteiger partial charge in [-0.3, -0.25) is 9.69 Å². The Balaban J connectivity index is 1.74. The third kappa shape index (κ3) is 2.65. The number of H-pyrrole nitrogens is 1. The van der Waals surface area contributed by atoms with Gasteiger partial charge < -0.3 is 9.88 Å². The second kappa shape index (κ2) is 5.85. The molecule has 0 radical (unpaired) electrons. The van der Waals surface area contributed by atoms with E-state index in [1.54, 1.807) is 0 Å². The van der Waals surface area contributed by atoms with Crippen molar-refractivity contribution in [2.75, 3.05) is 26.2 Å². The first kappa shape index (κ1) is 14.1. The summed E-state index contributed by atoms with van der Waals surface area (Å²) in [6, 6.07) is 8.23. The maximum absolute atomic E-state index is 12.6. The minimum atomic E-state index is 0.0147. The van der Waals surface area contributed by atoms with E-state index in [-0.39, 0.29) is 5.91 Å². The number of amides is 1. The smallest absolute Gasteiger partial charge is 0.289 e. The number of aromatic nitrogens is 2. The molecular weight excluding hydrogens is 264 g/mol. The van der Waals surface area contributed by atoms with Crippen molar-refractivity contribution in [2.45, 2.75) is 26.3 Å². The summed E-state index contributed by atoms with van der Waals surface area (Å²) in [5.74, 6) is 0.470. The fraction of sp³-hybridized carbons (Fsp3) is 0.500. The van der Waals surface area contributed by atoms with Gasteiger partial charge >= 0.3 is 0 Å². The molecule has 0 saturated carbocycles. The van der Waals surface area contributed by atoms with E-state index in [2.05, 4.69) is 28.7 Å². The number of hydrogen-bond donors (Lipinski definition) is 1. The van der Waals surface area contributed by atoms with Crippen LogP contribution in [0, 0.1) is 0 Å². The quantitative estimate of drug-likeness (QED) is 0.936. The first-order chi connectivity index (χ1) is 10.2. The van der Waals surface area contributed by atoms with Crippen LogP contribution in [0.3, 0.4) is 0 Å². The molecule has 1 aromatic heterocycles. The highest BCUT2D eigenvalue weighted by molar-refractivity contribution is 5.94. The van der Waals surface area contributed by atoms with Crippen molar-refractivity contribution in [3.63, 3.8) is 0 Å². The molecule has 21 heavy (non-hydrogen) atoms. The van der Waals surface area contributed by atoms with Crippen LogP contribution in [-0.2, 0) is 0 Å². The Labute approximate surface area is 125 Å². The molecule has 0 bridgehead atoms. The van der Waals surface area contributed by atoms with Crippen molar-refractivity contribution in [3.05, 3.63) is 30.1 Å². The maximum atomic E-state index is 12.6. The minimum Gasteiger partial charge on any atom is -0.334 e. The number of rotatable bonds is 4. The van der Waals surface area contributed by atoms with Crippen LogP contribution in [0.1, 0.15) is 30.9 Å². The van der Waals surface area contributed by atoms with Crippen LogP contribution in [-0.4, -0.2) is 57.9 Å². The molecule has 1 aromatic carbocycles. The Morgan fingerprint density at radius 1 is 1.38 bits per heavy atom. The van der Waals surface area contributed by atoms with Crippen molar-refractivity contribution in [1.82, 2.24) is 19.8 Å². The van der Waals surface area contributed by atoms with Gasteiger partial charge in [0.2, 0.25) is 0 Å². The van der Waals surface area contributed by atoms with Gasteiger partial charge in [-0.15, -0.1) is 0 Å². The first-order valence-electron chi connectivity index (χ1n) is 7.71. The SMILES string of the molecule is CCN(CC)C1CCN(C(=O)c2nc3ccccc3[nH]2)C1. The molecule has 1 atom stereocenters. The second-order valence-corrected chi connectivity index (χ2v) is 5.52.